The number of rotatable bonds is 4. The van der Waals surface area contributed by atoms with Crippen molar-refractivity contribution in [3.05, 3.63) is 62.9 Å². The minimum absolute atomic E-state index is 0.281. The Morgan fingerprint density at radius 3 is 2.45 bits per heavy atom. The number of benzene rings is 2. The minimum Gasteiger partial charge on any atom is -0.488 e. The summed E-state index contributed by atoms with van der Waals surface area (Å²) in [6, 6.07) is 8.95. The predicted molar refractivity (Wildman–Crippen MR) is 83.9 cm³/mol. The van der Waals surface area contributed by atoms with Crippen LogP contribution >= 0.6 is 27.5 Å². The molecule has 0 aliphatic rings. The van der Waals surface area contributed by atoms with Gasteiger partial charge in [0.25, 0.3) is 0 Å². The zero-order valence-electron chi connectivity index (χ0n) is 11.3. The standard InChI is InChI=1S/C16H15BrClFO/c1-10-6-12(8-18)7-11(2)16(10)20-9-13-4-3-5-14(19)15(13)17/h3-7H,8-9H2,1-2H3. The fourth-order valence-corrected chi connectivity index (χ4v) is 2.69. The van der Waals surface area contributed by atoms with Crippen LogP contribution in [0.1, 0.15) is 22.3 Å². The Kier molecular flexibility index (Phi) is 5.06. The fourth-order valence-electron chi connectivity index (χ4n) is 2.15. The van der Waals surface area contributed by atoms with Crippen LogP contribution in [0.25, 0.3) is 0 Å². The van der Waals surface area contributed by atoms with Crippen molar-refractivity contribution >= 4 is 27.5 Å². The summed E-state index contributed by atoms with van der Waals surface area (Å²) >= 11 is 9.09. The molecule has 0 saturated carbocycles. The van der Waals surface area contributed by atoms with Gasteiger partial charge in [0.05, 0.1) is 4.47 Å². The number of alkyl halides is 1. The molecule has 0 aromatic heterocycles. The van der Waals surface area contributed by atoms with Crippen LogP contribution in [0.2, 0.25) is 0 Å². The van der Waals surface area contributed by atoms with Gasteiger partial charge in [0.1, 0.15) is 18.2 Å². The highest BCUT2D eigenvalue weighted by Crippen LogP contribution is 2.28. The summed E-state index contributed by atoms with van der Waals surface area (Å²) in [6.45, 7) is 4.29. The molecule has 0 radical (unpaired) electrons. The molecule has 0 bridgehead atoms. The van der Waals surface area contributed by atoms with Gasteiger partial charge in [-0.05, 0) is 52.5 Å². The molecule has 2 aromatic carbocycles. The van der Waals surface area contributed by atoms with Gasteiger partial charge in [-0.2, -0.15) is 0 Å². The van der Waals surface area contributed by atoms with E-state index in [4.69, 9.17) is 16.3 Å². The normalized spacial score (nSPS) is 10.7. The van der Waals surface area contributed by atoms with Crippen LogP contribution in [0, 0.1) is 19.7 Å². The van der Waals surface area contributed by atoms with Crippen LogP contribution in [0.5, 0.6) is 5.75 Å². The summed E-state index contributed by atoms with van der Waals surface area (Å²) in [7, 11) is 0. The van der Waals surface area contributed by atoms with Crippen molar-refractivity contribution in [2.75, 3.05) is 0 Å². The largest absolute Gasteiger partial charge is 0.488 e. The van der Waals surface area contributed by atoms with E-state index in [2.05, 4.69) is 15.9 Å². The third-order valence-electron chi connectivity index (χ3n) is 3.08. The second-order valence-electron chi connectivity index (χ2n) is 4.69. The molecule has 4 heteroatoms. The van der Waals surface area contributed by atoms with E-state index in [1.54, 1.807) is 6.07 Å². The Balaban J connectivity index is 2.21. The van der Waals surface area contributed by atoms with E-state index in [1.807, 2.05) is 32.0 Å². The van der Waals surface area contributed by atoms with E-state index >= 15 is 0 Å². The summed E-state index contributed by atoms with van der Waals surface area (Å²) in [5, 5.41) is 0. The number of ether oxygens (including phenoxy) is 1. The molecule has 2 rings (SSSR count). The predicted octanol–water partition coefficient (Wildman–Crippen LogP) is 5.52. The summed E-state index contributed by atoms with van der Waals surface area (Å²) in [6.07, 6.45) is 0. The van der Waals surface area contributed by atoms with E-state index in [0.717, 1.165) is 28.0 Å². The number of halogens is 3. The highest BCUT2D eigenvalue weighted by molar-refractivity contribution is 9.10. The lowest BCUT2D eigenvalue weighted by Crippen LogP contribution is -2.01. The molecule has 2 aromatic rings. The fraction of sp³-hybridized carbons (Fsp3) is 0.250. The molecule has 0 spiro atoms. The molecule has 0 unspecified atom stereocenters. The molecule has 0 aliphatic heterocycles. The number of hydrogen-bond acceptors (Lipinski definition) is 1. The van der Waals surface area contributed by atoms with Gasteiger partial charge in [-0.3, -0.25) is 0 Å². The Hall–Kier alpha value is -1.06. The topological polar surface area (TPSA) is 9.23 Å². The number of aryl methyl sites for hydroxylation is 2. The first-order valence-corrected chi connectivity index (χ1v) is 7.57. The lowest BCUT2D eigenvalue weighted by molar-refractivity contribution is 0.300. The first kappa shape index (κ1) is 15.3. The molecule has 0 atom stereocenters. The Labute approximate surface area is 131 Å². The third kappa shape index (κ3) is 3.33. The smallest absolute Gasteiger partial charge is 0.137 e. The van der Waals surface area contributed by atoms with E-state index in [0.29, 0.717) is 17.0 Å². The van der Waals surface area contributed by atoms with Crippen molar-refractivity contribution < 1.29 is 9.13 Å². The van der Waals surface area contributed by atoms with Crippen molar-refractivity contribution in [2.45, 2.75) is 26.3 Å². The summed E-state index contributed by atoms with van der Waals surface area (Å²) in [4.78, 5) is 0. The van der Waals surface area contributed by atoms with Gasteiger partial charge < -0.3 is 4.74 Å². The first-order valence-electron chi connectivity index (χ1n) is 6.24. The van der Waals surface area contributed by atoms with E-state index < -0.39 is 0 Å². The Bertz CT molecular complexity index is 605. The van der Waals surface area contributed by atoms with Crippen molar-refractivity contribution in [3.63, 3.8) is 0 Å². The second kappa shape index (κ2) is 6.59. The van der Waals surface area contributed by atoms with E-state index in [9.17, 15) is 4.39 Å². The quantitative estimate of drug-likeness (QED) is 0.654. The van der Waals surface area contributed by atoms with Crippen LogP contribution in [0.3, 0.4) is 0 Å². The highest BCUT2D eigenvalue weighted by Gasteiger charge is 2.09. The monoisotopic (exact) mass is 356 g/mol. The van der Waals surface area contributed by atoms with Crippen LogP contribution < -0.4 is 4.74 Å². The molecular formula is C16H15BrClFO. The molecular weight excluding hydrogens is 343 g/mol. The third-order valence-corrected chi connectivity index (χ3v) is 4.27. The van der Waals surface area contributed by atoms with Gasteiger partial charge in [0, 0.05) is 11.4 Å². The van der Waals surface area contributed by atoms with Gasteiger partial charge in [-0.25, -0.2) is 4.39 Å². The second-order valence-corrected chi connectivity index (χ2v) is 5.75. The van der Waals surface area contributed by atoms with Gasteiger partial charge in [-0.15, -0.1) is 11.6 Å². The van der Waals surface area contributed by atoms with Crippen molar-refractivity contribution in [1.29, 1.82) is 0 Å². The molecule has 0 heterocycles. The maximum absolute atomic E-state index is 13.4. The molecule has 0 fully saturated rings. The molecule has 20 heavy (non-hydrogen) atoms. The number of hydrogen-bond donors (Lipinski definition) is 0. The van der Waals surface area contributed by atoms with Gasteiger partial charge in [0.15, 0.2) is 0 Å². The molecule has 0 saturated heterocycles. The van der Waals surface area contributed by atoms with E-state index in [1.165, 1.54) is 6.07 Å². The molecule has 0 aliphatic carbocycles. The Morgan fingerprint density at radius 2 is 1.85 bits per heavy atom. The first-order chi connectivity index (χ1) is 9.52. The van der Waals surface area contributed by atoms with Crippen molar-refractivity contribution in [3.8, 4) is 5.75 Å². The lowest BCUT2D eigenvalue weighted by atomic mass is 10.1. The van der Waals surface area contributed by atoms with Crippen LogP contribution in [-0.2, 0) is 12.5 Å². The van der Waals surface area contributed by atoms with Crippen molar-refractivity contribution in [2.24, 2.45) is 0 Å². The summed E-state index contributed by atoms with van der Waals surface area (Å²) in [5.41, 5.74) is 3.92. The lowest BCUT2D eigenvalue weighted by Gasteiger charge is -2.14. The highest BCUT2D eigenvalue weighted by atomic mass is 79.9. The maximum Gasteiger partial charge on any atom is 0.137 e. The molecule has 0 amide bonds. The van der Waals surface area contributed by atoms with Gasteiger partial charge in [-0.1, -0.05) is 24.3 Å². The molecule has 0 N–H and O–H groups in total. The van der Waals surface area contributed by atoms with E-state index in [-0.39, 0.29) is 5.82 Å². The zero-order valence-corrected chi connectivity index (χ0v) is 13.7. The zero-order chi connectivity index (χ0) is 14.7. The maximum atomic E-state index is 13.4. The molecule has 1 nitrogen and oxygen atoms in total. The van der Waals surface area contributed by atoms with Crippen LogP contribution in [0.15, 0.2) is 34.8 Å². The molecule has 106 valence electrons. The van der Waals surface area contributed by atoms with Gasteiger partial charge in [0.2, 0.25) is 0 Å². The minimum atomic E-state index is -0.281. The summed E-state index contributed by atoms with van der Waals surface area (Å²) < 4.78 is 19.7. The summed E-state index contributed by atoms with van der Waals surface area (Å²) in [5.74, 6) is 1.03. The average molecular weight is 358 g/mol. The van der Waals surface area contributed by atoms with Crippen LogP contribution in [-0.4, -0.2) is 0 Å². The van der Waals surface area contributed by atoms with Crippen LogP contribution in [0.4, 0.5) is 4.39 Å². The van der Waals surface area contributed by atoms with Crippen molar-refractivity contribution in [1.82, 2.24) is 0 Å². The Morgan fingerprint density at radius 1 is 1.20 bits per heavy atom. The van der Waals surface area contributed by atoms with Gasteiger partial charge >= 0.3 is 0 Å². The SMILES string of the molecule is Cc1cc(CCl)cc(C)c1OCc1cccc(F)c1Br. The average Bonchev–Trinajstić information content (AvgIpc) is 2.42.